The van der Waals surface area contributed by atoms with E-state index in [0.29, 0.717) is 27.8 Å². The fraction of sp³-hybridized carbons (Fsp3) is 0.250. The third-order valence-electron chi connectivity index (χ3n) is 3.52. The molecule has 3 rings (SSSR count). The van der Waals surface area contributed by atoms with Crippen molar-refractivity contribution in [3.05, 3.63) is 62.6 Å². The van der Waals surface area contributed by atoms with Crippen molar-refractivity contribution >= 4 is 23.2 Å². The molecule has 1 atom stereocenters. The van der Waals surface area contributed by atoms with Gasteiger partial charge in [-0.3, -0.25) is 0 Å². The molecule has 0 bridgehead atoms. The number of aliphatic hydroxyl groups is 1. The first kappa shape index (κ1) is 13.7. The van der Waals surface area contributed by atoms with E-state index in [1.165, 1.54) is 0 Å². The number of hydrogen-bond donors (Lipinski definition) is 1. The van der Waals surface area contributed by atoms with E-state index in [1.807, 2.05) is 31.2 Å². The smallest absolute Gasteiger partial charge is 0.128 e. The Morgan fingerprint density at radius 3 is 2.70 bits per heavy atom. The van der Waals surface area contributed by atoms with Gasteiger partial charge in [0, 0.05) is 27.6 Å². The molecule has 0 fully saturated rings. The number of ether oxygens (including phenoxy) is 1. The number of benzene rings is 2. The summed E-state index contributed by atoms with van der Waals surface area (Å²) in [6, 6.07) is 9.23. The van der Waals surface area contributed by atoms with Crippen LogP contribution < -0.4 is 4.74 Å². The van der Waals surface area contributed by atoms with E-state index in [4.69, 9.17) is 27.9 Å². The van der Waals surface area contributed by atoms with E-state index >= 15 is 0 Å². The summed E-state index contributed by atoms with van der Waals surface area (Å²) in [5, 5.41) is 11.8. The maximum Gasteiger partial charge on any atom is 0.128 e. The Bertz CT molecular complexity index is 668. The fourth-order valence-corrected chi connectivity index (χ4v) is 3.11. The van der Waals surface area contributed by atoms with Crippen molar-refractivity contribution in [1.29, 1.82) is 0 Å². The SMILES string of the molecule is Cc1ccc(C(O)c2cc(Cl)cc3c2OCC3)c(Cl)c1. The highest BCUT2D eigenvalue weighted by atomic mass is 35.5. The Hall–Kier alpha value is -1.22. The zero-order valence-corrected chi connectivity index (χ0v) is 12.5. The summed E-state index contributed by atoms with van der Waals surface area (Å²) in [6.07, 6.45) is -0.0225. The number of rotatable bonds is 2. The van der Waals surface area contributed by atoms with Crippen LogP contribution in [-0.2, 0) is 6.42 Å². The quantitative estimate of drug-likeness (QED) is 0.895. The number of fused-ring (bicyclic) bond motifs is 1. The normalized spacial score (nSPS) is 14.8. The van der Waals surface area contributed by atoms with Crippen LogP contribution in [0.3, 0.4) is 0 Å². The Balaban J connectivity index is 2.09. The third-order valence-corrected chi connectivity index (χ3v) is 4.07. The van der Waals surface area contributed by atoms with Crippen LogP contribution in [0.4, 0.5) is 0 Å². The van der Waals surface area contributed by atoms with Crippen LogP contribution in [0.15, 0.2) is 30.3 Å². The fourth-order valence-electron chi connectivity index (χ4n) is 2.52. The molecular formula is C16H14Cl2O2. The predicted octanol–water partition coefficient (Wildman–Crippen LogP) is 4.32. The highest BCUT2D eigenvalue weighted by Crippen LogP contribution is 2.40. The molecule has 1 aliphatic rings. The second-order valence-corrected chi connectivity index (χ2v) is 5.85. The van der Waals surface area contributed by atoms with Crippen LogP contribution in [-0.4, -0.2) is 11.7 Å². The average molecular weight is 309 g/mol. The molecule has 2 nitrogen and oxygen atoms in total. The number of aliphatic hydroxyl groups excluding tert-OH is 1. The maximum absolute atomic E-state index is 10.6. The molecule has 2 aromatic carbocycles. The van der Waals surface area contributed by atoms with Crippen molar-refractivity contribution in [2.24, 2.45) is 0 Å². The molecule has 0 aliphatic carbocycles. The summed E-state index contributed by atoms with van der Waals surface area (Å²) < 4.78 is 5.63. The average Bonchev–Trinajstić information content (AvgIpc) is 2.85. The molecule has 0 spiro atoms. The first-order chi connectivity index (χ1) is 9.56. The Morgan fingerprint density at radius 2 is 1.95 bits per heavy atom. The monoisotopic (exact) mass is 308 g/mol. The predicted molar refractivity (Wildman–Crippen MR) is 80.9 cm³/mol. The lowest BCUT2D eigenvalue weighted by atomic mass is 9.97. The van der Waals surface area contributed by atoms with Crippen molar-refractivity contribution < 1.29 is 9.84 Å². The summed E-state index contributed by atoms with van der Waals surface area (Å²) in [5.41, 5.74) is 3.43. The molecule has 2 aromatic rings. The molecule has 1 aliphatic heterocycles. The van der Waals surface area contributed by atoms with Gasteiger partial charge in [0.05, 0.1) is 6.61 Å². The minimum Gasteiger partial charge on any atom is -0.493 e. The molecule has 1 N–H and O–H groups in total. The summed E-state index contributed by atoms with van der Waals surface area (Å²) in [7, 11) is 0. The molecule has 0 saturated heterocycles. The van der Waals surface area contributed by atoms with Gasteiger partial charge in [0.1, 0.15) is 11.9 Å². The van der Waals surface area contributed by atoms with Crippen molar-refractivity contribution in [3.8, 4) is 5.75 Å². The lowest BCUT2D eigenvalue weighted by molar-refractivity contribution is 0.214. The lowest BCUT2D eigenvalue weighted by Crippen LogP contribution is -2.03. The largest absolute Gasteiger partial charge is 0.493 e. The van der Waals surface area contributed by atoms with Crippen LogP contribution in [0, 0.1) is 6.92 Å². The molecule has 0 amide bonds. The molecule has 1 unspecified atom stereocenters. The van der Waals surface area contributed by atoms with Gasteiger partial charge in [-0.1, -0.05) is 35.3 Å². The van der Waals surface area contributed by atoms with Gasteiger partial charge in [0.2, 0.25) is 0 Å². The van der Waals surface area contributed by atoms with Crippen LogP contribution in [0.2, 0.25) is 10.0 Å². The highest BCUT2D eigenvalue weighted by Gasteiger charge is 2.24. The minimum absolute atomic E-state index is 0.546. The van der Waals surface area contributed by atoms with Gasteiger partial charge in [-0.25, -0.2) is 0 Å². The molecule has 0 aromatic heterocycles. The Kier molecular flexibility index (Phi) is 3.63. The summed E-state index contributed by atoms with van der Waals surface area (Å²) in [6.45, 7) is 2.58. The van der Waals surface area contributed by atoms with Crippen molar-refractivity contribution in [3.63, 3.8) is 0 Å². The lowest BCUT2D eigenvalue weighted by Gasteiger charge is -2.17. The molecule has 1 heterocycles. The Morgan fingerprint density at radius 1 is 1.15 bits per heavy atom. The van der Waals surface area contributed by atoms with Gasteiger partial charge < -0.3 is 9.84 Å². The summed E-state index contributed by atoms with van der Waals surface area (Å²) >= 11 is 12.4. The van der Waals surface area contributed by atoms with Gasteiger partial charge in [-0.15, -0.1) is 0 Å². The number of halogens is 2. The van der Waals surface area contributed by atoms with Crippen LogP contribution in [0.25, 0.3) is 0 Å². The first-order valence-electron chi connectivity index (χ1n) is 6.45. The molecule has 104 valence electrons. The maximum atomic E-state index is 10.6. The van der Waals surface area contributed by atoms with E-state index in [1.54, 1.807) is 6.07 Å². The number of aryl methyl sites for hydroxylation is 1. The van der Waals surface area contributed by atoms with E-state index in [9.17, 15) is 5.11 Å². The Labute approximate surface area is 127 Å². The van der Waals surface area contributed by atoms with Gasteiger partial charge in [0.25, 0.3) is 0 Å². The van der Waals surface area contributed by atoms with Crippen molar-refractivity contribution in [2.75, 3.05) is 6.61 Å². The van der Waals surface area contributed by atoms with Gasteiger partial charge in [0.15, 0.2) is 0 Å². The summed E-state index contributed by atoms with van der Waals surface area (Å²) in [4.78, 5) is 0. The van der Waals surface area contributed by atoms with Crippen LogP contribution in [0.5, 0.6) is 5.75 Å². The second kappa shape index (κ2) is 5.28. The standard InChI is InChI=1S/C16H14Cl2O2/c1-9-2-3-12(14(18)6-9)15(19)13-8-11(17)7-10-4-5-20-16(10)13/h2-3,6-8,15,19H,4-5H2,1H3. The van der Waals surface area contributed by atoms with Gasteiger partial charge in [-0.05, 0) is 36.2 Å². The molecule has 0 saturated carbocycles. The molecule has 4 heteroatoms. The molecular weight excluding hydrogens is 295 g/mol. The first-order valence-corrected chi connectivity index (χ1v) is 7.21. The van der Waals surface area contributed by atoms with E-state index in [2.05, 4.69) is 0 Å². The van der Waals surface area contributed by atoms with E-state index < -0.39 is 6.10 Å². The zero-order chi connectivity index (χ0) is 14.3. The highest BCUT2D eigenvalue weighted by molar-refractivity contribution is 6.31. The summed E-state index contributed by atoms with van der Waals surface area (Å²) in [5.74, 6) is 0.735. The molecule has 0 radical (unpaired) electrons. The topological polar surface area (TPSA) is 29.5 Å². The van der Waals surface area contributed by atoms with Crippen molar-refractivity contribution in [2.45, 2.75) is 19.4 Å². The van der Waals surface area contributed by atoms with E-state index in [0.717, 1.165) is 23.3 Å². The minimum atomic E-state index is -0.839. The van der Waals surface area contributed by atoms with Crippen molar-refractivity contribution in [1.82, 2.24) is 0 Å². The van der Waals surface area contributed by atoms with E-state index in [-0.39, 0.29) is 0 Å². The third kappa shape index (κ3) is 2.39. The molecule has 20 heavy (non-hydrogen) atoms. The van der Waals surface area contributed by atoms with Crippen LogP contribution in [0.1, 0.15) is 28.4 Å². The second-order valence-electron chi connectivity index (χ2n) is 5.01. The zero-order valence-electron chi connectivity index (χ0n) is 11.0. The van der Waals surface area contributed by atoms with Crippen LogP contribution >= 0.6 is 23.2 Å². The van der Waals surface area contributed by atoms with Gasteiger partial charge >= 0.3 is 0 Å². The van der Waals surface area contributed by atoms with Gasteiger partial charge in [-0.2, -0.15) is 0 Å². The number of hydrogen-bond acceptors (Lipinski definition) is 2.